The van der Waals surface area contributed by atoms with E-state index in [9.17, 15) is 0 Å². The van der Waals surface area contributed by atoms with Crippen LogP contribution in [0.5, 0.6) is 0 Å². The second kappa shape index (κ2) is 5.67. The molecule has 0 N–H and O–H groups in total. The van der Waals surface area contributed by atoms with Gasteiger partial charge in [-0.15, -0.1) is 0 Å². The molecular weight excluding hydrogens is 268 g/mol. The number of fused-ring (bicyclic) bond motifs is 2. The van der Waals surface area contributed by atoms with Gasteiger partial charge in [0.2, 0.25) is 0 Å². The Hall–Kier alpha value is -0.820. The number of hydrogen-bond donors (Lipinski definition) is 0. The van der Waals surface area contributed by atoms with Gasteiger partial charge in [-0.05, 0) is 66.8 Å². The van der Waals surface area contributed by atoms with Crippen molar-refractivity contribution in [3.63, 3.8) is 0 Å². The standard InChI is InChI=1S/C21H32O/c1-5-22-16-20(4)12-17-11-19(2,3)14-21(13-17,15-20)18-9-7-6-8-10-18/h6-10,17H,5,11-16H2,1-4H3/t17?,20-,21?/m0/s1. The molecule has 2 bridgehead atoms. The number of ether oxygens (including phenoxy) is 1. The summed E-state index contributed by atoms with van der Waals surface area (Å²) < 4.78 is 5.87. The molecule has 2 fully saturated rings. The van der Waals surface area contributed by atoms with Gasteiger partial charge in [-0.1, -0.05) is 51.1 Å². The molecule has 2 unspecified atom stereocenters. The summed E-state index contributed by atoms with van der Waals surface area (Å²) in [6, 6.07) is 11.3. The molecule has 122 valence electrons. The predicted molar refractivity (Wildman–Crippen MR) is 93.1 cm³/mol. The smallest absolute Gasteiger partial charge is 0.0520 e. The van der Waals surface area contributed by atoms with E-state index in [1.54, 1.807) is 5.56 Å². The third-order valence-corrected chi connectivity index (χ3v) is 5.93. The van der Waals surface area contributed by atoms with Crippen molar-refractivity contribution in [1.82, 2.24) is 0 Å². The minimum Gasteiger partial charge on any atom is -0.381 e. The Labute approximate surface area is 136 Å². The lowest BCUT2D eigenvalue weighted by atomic mass is 9.48. The van der Waals surface area contributed by atoms with Gasteiger partial charge < -0.3 is 4.74 Å². The Balaban J connectivity index is 1.96. The molecule has 1 heteroatoms. The van der Waals surface area contributed by atoms with Crippen molar-refractivity contribution in [3.05, 3.63) is 35.9 Å². The van der Waals surface area contributed by atoms with E-state index in [1.807, 2.05) is 0 Å². The molecular formula is C21H32O. The van der Waals surface area contributed by atoms with Crippen molar-refractivity contribution in [2.75, 3.05) is 13.2 Å². The second-order valence-electron chi connectivity index (χ2n) is 9.09. The van der Waals surface area contributed by atoms with E-state index in [0.717, 1.165) is 19.1 Å². The molecule has 2 aliphatic rings. The van der Waals surface area contributed by atoms with Crippen LogP contribution in [0.25, 0.3) is 0 Å². The van der Waals surface area contributed by atoms with Crippen molar-refractivity contribution in [3.8, 4) is 0 Å². The number of hydrogen-bond acceptors (Lipinski definition) is 1. The Morgan fingerprint density at radius 2 is 1.73 bits per heavy atom. The fourth-order valence-corrected chi connectivity index (χ4v) is 5.90. The van der Waals surface area contributed by atoms with E-state index in [-0.39, 0.29) is 0 Å². The van der Waals surface area contributed by atoms with Crippen LogP contribution in [0.2, 0.25) is 0 Å². The van der Waals surface area contributed by atoms with Crippen molar-refractivity contribution < 1.29 is 4.74 Å². The highest BCUT2D eigenvalue weighted by Gasteiger charge is 2.53. The summed E-state index contributed by atoms with van der Waals surface area (Å²) in [5.41, 5.74) is 2.73. The van der Waals surface area contributed by atoms with Crippen molar-refractivity contribution in [2.45, 2.75) is 65.2 Å². The zero-order valence-electron chi connectivity index (χ0n) is 14.8. The Morgan fingerprint density at radius 1 is 1.00 bits per heavy atom. The molecule has 1 aromatic carbocycles. The first-order valence-corrected chi connectivity index (χ1v) is 9.00. The van der Waals surface area contributed by atoms with Crippen LogP contribution in [-0.2, 0) is 10.2 Å². The third kappa shape index (κ3) is 3.11. The van der Waals surface area contributed by atoms with E-state index in [1.165, 1.54) is 32.1 Å². The summed E-state index contributed by atoms with van der Waals surface area (Å²) in [6.45, 7) is 11.3. The van der Waals surface area contributed by atoms with E-state index < -0.39 is 0 Å². The molecule has 0 amide bonds. The van der Waals surface area contributed by atoms with Crippen LogP contribution in [0.4, 0.5) is 0 Å². The molecule has 1 nitrogen and oxygen atoms in total. The number of benzene rings is 1. The quantitative estimate of drug-likeness (QED) is 0.704. The van der Waals surface area contributed by atoms with Gasteiger partial charge in [0.1, 0.15) is 0 Å². The maximum atomic E-state index is 5.87. The maximum absolute atomic E-state index is 5.87. The van der Waals surface area contributed by atoms with E-state index in [4.69, 9.17) is 4.74 Å². The van der Waals surface area contributed by atoms with E-state index in [2.05, 4.69) is 58.0 Å². The summed E-state index contributed by atoms with van der Waals surface area (Å²) in [6.07, 6.45) is 6.70. The SMILES string of the molecule is CCOC[C@@]1(C)CC2CC(C)(C)CC(c3ccccc3)(C2)C1. The fourth-order valence-electron chi connectivity index (χ4n) is 5.90. The van der Waals surface area contributed by atoms with Gasteiger partial charge in [-0.3, -0.25) is 0 Å². The fraction of sp³-hybridized carbons (Fsp3) is 0.714. The molecule has 0 radical (unpaired) electrons. The van der Waals surface area contributed by atoms with Gasteiger partial charge in [0.25, 0.3) is 0 Å². The van der Waals surface area contributed by atoms with Crippen LogP contribution in [0.1, 0.15) is 65.4 Å². The normalized spacial score (nSPS) is 37.0. The van der Waals surface area contributed by atoms with Crippen molar-refractivity contribution >= 4 is 0 Å². The third-order valence-electron chi connectivity index (χ3n) is 5.93. The minimum atomic E-state index is 0.339. The van der Waals surface area contributed by atoms with Crippen LogP contribution in [0, 0.1) is 16.7 Å². The Morgan fingerprint density at radius 3 is 2.41 bits per heavy atom. The lowest BCUT2D eigenvalue weighted by Crippen LogP contribution is -2.50. The first kappa shape index (κ1) is 16.1. The molecule has 2 saturated carbocycles. The van der Waals surface area contributed by atoms with E-state index in [0.29, 0.717) is 16.2 Å². The highest BCUT2D eigenvalue weighted by Crippen LogP contribution is 2.61. The van der Waals surface area contributed by atoms with Crippen molar-refractivity contribution in [2.24, 2.45) is 16.7 Å². The lowest BCUT2D eigenvalue weighted by molar-refractivity contribution is -0.0524. The summed E-state index contributed by atoms with van der Waals surface area (Å²) in [5.74, 6) is 0.850. The van der Waals surface area contributed by atoms with Crippen LogP contribution in [-0.4, -0.2) is 13.2 Å². The average Bonchev–Trinajstić information content (AvgIpc) is 2.43. The minimum absolute atomic E-state index is 0.339. The zero-order valence-corrected chi connectivity index (χ0v) is 14.8. The molecule has 22 heavy (non-hydrogen) atoms. The predicted octanol–water partition coefficient (Wildman–Crippen LogP) is 5.59. The lowest BCUT2D eigenvalue weighted by Gasteiger charge is -2.57. The molecule has 3 rings (SSSR count). The van der Waals surface area contributed by atoms with Gasteiger partial charge >= 0.3 is 0 Å². The van der Waals surface area contributed by atoms with E-state index >= 15 is 0 Å². The summed E-state index contributed by atoms with van der Waals surface area (Å²) in [7, 11) is 0. The first-order valence-electron chi connectivity index (χ1n) is 9.00. The Kier molecular flexibility index (Phi) is 4.14. The summed E-state index contributed by atoms with van der Waals surface area (Å²) in [4.78, 5) is 0. The highest BCUT2D eigenvalue weighted by molar-refractivity contribution is 5.29. The molecule has 0 heterocycles. The van der Waals surface area contributed by atoms with Gasteiger partial charge in [-0.25, -0.2) is 0 Å². The maximum Gasteiger partial charge on any atom is 0.0520 e. The van der Waals surface area contributed by atoms with Crippen LogP contribution in [0.15, 0.2) is 30.3 Å². The molecule has 0 aromatic heterocycles. The van der Waals surface area contributed by atoms with Crippen molar-refractivity contribution in [1.29, 1.82) is 0 Å². The van der Waals surface area contributed by atoms with Gasteiger partial charge in [-0.2, -0.15) is 0 Å². The summed E-state index contributed by atoms with van der Waals surface area (Å²) in [5, 5.41) is 0. The molecule has 0 saturated heterocycles. The molecule has 1 aromatic rings. The molecule has 3 atom stereocenters. The average molecular weight is 300 g/mol. The molecule has 0 spiro atoms. The highest BCUT2D eigenvalue weighted by atomic mass is 16.5. The topological polar surface area (TPSA) is 9.23 Å². The molecule has 2 aliphatic carbocycles. The molecule has 0 aliphatic heterocycles. The van der Waals surface area contributed by atoms with Crippen LogP contribution < -0.4 is 0 Å². The van der Waals surface area contributed by atoms with Gasteiger partial charge in [0, 0.05) is 6.61 Å². The summed E-state index contributed by atoms with van der Waals surface area (Å²) >= 11 is 0. The monoisotopic (exact) mass is 300 g/mol. The second-order valence-corrected chi connectivity index (χ2v) is 9.09. The first-order chi connectivity index (χ1) is 10.4. The van der Waals surface area contributed by atoms with Crippen LogP contribution in [0.3, 0.4) is 0 Å². The zero-order chi connectivity index (χ0) is 15.8. The van der Waals surface area contributed by atoms with Gasteiger partial charge in [0.05, 0.1) is 6.61 Å². The van der Waals surface area contributed by atoms with Crippen LogP contribution >= 0.6 is 0 Å². The largest absolute Gasteiger partial charge is 0.381 e. The van der Waals surface area contributed by atoms with Gasteiger partial charge in [0.15, 0.2) is 0 Å². The number of rotatable bonds is 4. The Bertz CT molecular complexity index is 506.